The Bertz CT molecular complexity index is 1130. The molecule has 4 aromatic rings. The Morgan fingerprint density at radius 2 is 1.58 bits per heavy atom. The van der Waals surface area contributed by atoms with Gasteiger partial charge in [-0.05, 0) is 30.3 Å². The molecule has 0 radical (unpaired) electrons. The number of aromatic nitrogens is 6. The summed E-state index contributed by atoms with van der Waals surface area (Å²) in [6.07, 6.45) is 6.61. The van der Waals surface area contributed by atoms with Crippen molar-refractivity contribution in [3.63, 3.8) is 0 Å². The summed E-state index contributed by atoms with van der Waals surface area (Å²) in [7, 11) is 0. The number of hydrogen-bond acceptors (Lipinski definition) is 6. The smallest absolute Gasteiger partial charge is 0.182 e. The van der Waals surface area contributed by atoms with Crippen molar-refractivity contribution >= 4 is 33.2 Å². The molecule has 0 amide bonds. The first-order valence-electron chi connectivity index (χ1n) is 7.38. The van der Waals surface area contributed by atoms with E-state index in [0.717, 1.165) is 16.4 Å². The molecule has 0 spiro atoms. The Morgan fingerprint density at radius 3 is 2.58 bits per heavy atom. The maximum Gasteiger partial charge on any atom is 0.182 e. The molecule has 0 unspecified atom stereocenters. The van der Waals surface area contributed by atoms with Crippen molar-refractivity contribution in [3.05, 3.63) is 73.4 Å². The lowest BCUT2D eigenvalue weighted by Gasteiger charge is -1.97. The van der Waals surface area contributed by atoms with Crippen LogP contribution in [0.4, 0.5) is 0 Å². The van der Waals surface area contributed by atoms with Crippen molar-refractivity contribution in [3.8, 4) is 0 Å². The van der Waals surface area contributed by atoms with E-state index in [0.29, 0.717) is 16.8 Å². The number of pyridine rings is 1. The van der Waals surface area contributed by atoms with Crippen LogP contribution in [0, 0.1) is 0 Å². The third kappa shape index (κ3) is 2.85. The fourth-order valence-corrected chi connectivity index (χ4v) is 2.28. The second-order valence-electron chi connectivity index (χ2n) is 5.00. The first-order chi connectivity index (χ1) is 11.9. The molecule has 6 nitrogen and oxygen atoms in total. The molecule has 6 heteroatoms. The van der Waals surface area contributed by atoms with E-state index in [1.165, 1.54) is 6.33 Å². The maximum atomic E-state index is 4.65. The van der Waals surface area contributed by atoms with Crippen LogP contribution >= 0.6 is 0 Å². The molecule has 1 aromatic carbocycles. The van der Waals surface area contributed by atoms with E-state index in [-0.39, 0.29) is 0 Å². The summed E-state index contributed by atoms with van der Waals surface area (Å²) in [5.74, 6) is 0. The quantitative estimate of drug-likeness (QED) is 0.496. The van der Waals surface area contributed by atoms with Crippen molar-refractivity contribution in [1.82, 2.24) is 29.9 Å². The molecular weight excluding hydrogens is 300 g/mol. The molecule has 0 aliphatic heterocycles. The lowest BCUT2D eigenvalue weighted by Crippen LogP contribution is -1.90. The first-order valence-corrected chi connectivity index (χ1v) is 7.38. The molecule has 0 atom stereocenters. The van der Waals surface area contributed by atoms with Crippen LogP contribution in [-0.4, -0.2) is 29.9 Å². The third-order valence-corrected chi connectivity index (χ3v) is 3.40. The minimum atomic E-state index is 0.509. The fourth-order valence-electron chi connectivity index (χ4n) is 2.28. The molecule has 2 bridgehead atoms. The summed E-state index contributed by atoms with van der Waals surface area (Å²) in [5, 5.41) is 0.899. The van der Waals surface area contributed by atoms with E-state index < -0.39 is 0 Å². The van der Waals surface area contributed by atoms with Crippen LogP contribution in [0.1, 0.15) is 0 Å². The summed E-state index contributed by atoms with van der Waals surface area (Å²) in [4.78, 5) is 26.3. The zero-order valence-corrected chi connectivity index (χ0v) is 12.6. The van der Waals surface area contributed by atoms with Gasteiger partial charge in [0.05, 0.1) is 11.0 Å². The van der Waals surface area contributed by atoms with Crippen molar-refractivity contribution in [2.75, 3.05) is 0 Å². The van der Waals surface area contributed by atoms with Crippen LogP contribution in [-0.2, 0) is 0 Å². The van der Waals surface area contributed by atoms with Gasteiger partial charge in [-0.25, -0.2) is 24.9 Å². The van der Waals surface area contributed by atoms with E-state index in [4.69, 9.17) is 0 Å². The van der Waals surface area contributed by atoms with Crippen molar-refractivity contribution < 1.29 is 0 Å². The molecule has 0 fully saturated rings. The summed E-state index contributed by atoms with van der Waals surface area (Å²) in [6, 6.07) is 15.0. The molecule has 3 heterocycles. The number of nitrogens with zero attached hydrogens (tertiary/aromatic N) is 6. The highest BCUT2D eigenvalue weighted by atomic mass is 15.0. The van der Waals surface area contributed by atoms with Crippen LogP contribution in [0.3, 0.4) is 0 Å². The fraction of sp³-hybridized carbons (Fsp3) is 0. The van der Waals surface area contributed by atoms with Gasteiger partial charge in [0, 0.05) is 24.0 Å². The second-order valence-corrected chi connectivity index (χ2v) is 5.00. The standard InChI is InChI=1S/C18H12N6/c1-2-6-14-13(5-1)11-19-9-3-4-10-20-16-8-7-15-17(24-16)18(23-14)22-12-21-15/h1-12H. The Hall–Kier alpha value is -3.54. The predicted octanol–water partition coefficient (Wildman–Crippen LogP) is 3.20. The minimum Gasteiger partial charge on any atom is -0.264 e. The molecule has 24 heavy (non-hydrogen) atoms. The van der Waals surface area contributed by atoms with Crippen molar-refractivity contribution in [1.29, 1.82) is 0 Å². The normalized spacial score (nSPS) is 10.5. The van der Waals surface area contributed by atoms with E-state index in [9.17, 15) is 0 Å². The minimum absolute atomic E-state index is 0.509. The van der Waals surface area contributed by atoms with Crippen LogP contribution in [0.5, 0.6) is 0 Å². The summed E-state index contributed by atoms with van der Waals surface area (Å²) >= 11 is 0. The Kier molecular flexibility index (Phi) is 3.69. The van der Waals surface area contributed by atoms with Crippen molar-refractivity contribution in [2.24, 2.45) is 0 Å². The summed E-state index contributed by atoms with van der Waals surface area (Å²) in [5.41, 5.74) is 3.20. The highest BCUT2D eigenvalue weighted by Gasteiger charge is 2.01. The monoisotopic (exact) mass is 312 g/mol. The zero-order chi connectivity index (χ0) is 16.2. The van der Waals surface area contributed by atoms with Gasteiger partial charge in [-0.3, -0.25) is 4.98 Å². The molecule has 0 saturated carbocycles. The number of para-hydroxylation sites is 1. The van der Waals surface area contributed by atoms with E-state index in [2.05, 4.69) is 29.9 Å². The molecule has 0 aliphatic rings. The van der Waals surface area contributed by atoms with Crippen LogP contribution < -0.4 is 0 Å². The van der Waals surface area contributed by atoms with Gasteiger partial charge in [-0.2, -0.15) is 0 Å². The zero-order valence-electron chi connectivity index (χ0n) is 12.6. The topological polar surface area (TPSA) is 77.3 Å². The number of benzene rings is 1. The maximum absolute atomic E-state index is 4.65. The highest BCUT2D eigenvalue weighted by Crippen LogP contribution is 2.13. The molecule has 114 valence electrons. The number of hydrogen-bond donors (Lipinski definition) is 0. The molecule has 0 N–H and O–H groups in total. The molecule has 0 aliphatic carbocycles. The molecule has 0 saturated heterocycles. The Balaban J connectivity index is 2.20. The number of fused-ring (bicyclic) bond motifs is 2. The first kappa shape index (κ1) is 14.1. The van der Waals surface area contributed by atoms with Crippen LogP contribution in [0.25, 0.3) is 33.2 Å². The predicted molar refractivity (Wildman–Crippen MR) is 92.2 cm³/mol. The Morgan fingerprint density at radius 1 is 0.667 bits per heavy atom. The van der Waals surface area contributed by atoms with Crippen LogP contribution in [0.15, 0.2) is 73.4 Å². The van der Waals surface area contributed by atoms with Gasteiger partial charge in [0.25, 0.3) is 0 Å². The van der Waals surface area contributed by atoms with Gasteiger partial charge >= 0.3 is 0 Å². The van der Waals surface area contributed by atoms with E-state index in [1.54, 1.807) is 30.7 Å². The van der Waals surface area contributed by atoms with E-state index >= 15 is 0 Å². The molecule has 4 rings (SSSR count). The van der Waals surface area contributed by atoms with Crippen LogP contribution in [0.2, 0.25) is 0 Å². The van der Waals surface area contributed by atoms with Gasteiger partial charge in [-0.15, -0.1) is 0 Å². The van der Waals surface area contributed by atoms with Gasteiger partial charge in [0.15, 0.2) is 11.3 Å². The van der Waals surface area contributed by atoms with Gasteiger partial charge in [0.1, 0.15) is 11.8 Å². The lowest BCUT2D eigenvalue weighted by molar-refractivity contribution is 1.20. The van der Waals surface area contributed by atoms with Gasteiger partial charge < -0.3 is 0 Å². The third-order valence-electron chi connectivity index (χ3n) is 3.40. The summed E-state index contributed by atoms with van der Waals surface area (Å²) in [6.45, 7) is 0. The van der Waals surface area contributed by atoms with Crippen molar-refractivity contribution in [2.45, 2.75) is 0 Å². The molecular formula is C18H12N6. The van der Waals surface area contributed by atoms with Gasteiger partial charge in [-0.1, -0.05) is 18.2 Å². The average Bonchev–Trinajstić information content (AvgIpc) is 2.62. The number of rotatable bonds is 0. The average molecular weight is 312 g/mol. The SMILES string of the molecule is c1ccnc2ccc3ncnc(nc4ccccc4cnc1)c3n2. The molecule has 3 aromatic heterocycles. The highest BCUT2D eigenvalue weighted by molar-refractivity contribution is 5.89. The van der Waals surface area contributed by atoms with E-state index in [1.807, 2.05) is 36.4 Å². The van der Waals surface area contributed by atoms with Gasteiger partial charge in [0.2, 0.25) is 0 Å². The Labute approximate surface area is 137 Å². The summed E-state index contributed by atoms with van der Waals surface area (Å²) < 4.78 is 0. The second kappa shape index (κ2) is 6.29. The lowest BCUT2D eigenvalue weighted by atomic mass is 10.2. The largest absolute Gasteiger partial charge is 0.264 e.